The van der Waals surface area contributed by atoms with Crippen LogP contribution in [0.3, 0.4) is 0 Å². The van der Waals surface area contributed by atoms with Crippen LogP contribution >= 0.6 is 11.3 Å². The molecule has 2 unspecified atom stereocenters. The van der Waals surface area contributed by atoms with Gasteiger partial charge in [-0.2, -0.15) is 0 Å². The Balaban J connectivity index is 1.04. The number of alkyl carbamates (subject to hydrolysis) is 1. The van der Waals surface area contributed by atoms with Crippen LogP contribution < -0.4 is 15.4 Å². The molecule has 0 radical (unpaired) electrons. The number of fused-ring (bicyclic) bond motifs is 5. The van der Waals surface area contributed by atoms with Crippen LogP contribution in [-0.4, -0.2) is 89.1 Å². The van der Waals surface area contributed by atoms with Gasteiger partial charge >= 0.3 is 6.09 Å². The molecular weight excluding hydrogens is 814 g/mol. The van der Waals surface area contributed by atoms with E-state index in [1.54, 1.807) is 17.4 Å². The number of likely N-dealkylation sites (tertiary alicyclic amines) is 2. The highest BCUT2D eigenvalue weighted by molar-refractivity contribution is 7.12. The number of hydrogen-bond acceptors (Lipinski definition) is 8. The largest absolute Gasteiger partial charge is 0.464 e. The highest BCUT2D eigenvalue weighted by Crippen LogP contribution is 2.47. The zero-order valence-electron chi connectivity index (χ0n) is 37.8. The van der Waals surface area contributed by atoms with Crippen molar-refractivity contribution in [2.24, 2.45) is 17.8 Å². The van der Waals surface area contributed by atoms with Crippen LogP contribution in [0.2, 0.25) is 0 Å². The Morgan fingerprint density at radius 3 is 2.41 bits per heavy atom. The van der Waals surface area contributed by atoms with E-state index in [2.05, 4.69) is 88.6 Å². The highest BCUT2D eigenvalue weighted by Gasteiger charge is 2.37. The number of hydrogen-bond donors (Lipinski definition) is 3. The second kappa shape index (κ2) is 19.7. The van der Waals surface area contributed by atoms with E-state index in [-0.39, 0.29) is 35.8 Å². The molecule has 12 heteroatoms. The van der Waals surface area contributed by atoms with E-state index < -0.39 is 24.6 Å². The Bertz CT molecular complexity index is 2310. The maximum atomic E-state index is 16.6. The summed E-state index contributed by atoms with van der Waals surface area (Å²) in [6, 6.07) is 16.0. The van der Waals surface area contributed by atoms with E-state index in [0.717, 1.165) is 83.6 Å². The zero-order chi connectivity index (χ0) is 44.4. The number of aromatic nitrogens is 1. The fourth-order valence-electron chi connectivity index (χ4n) is 10.1. The number of carbonyl (C=O) groups is 2. The van der Waals surface area contributed by atoms with Gasteiger partial charge < -0.3 is 30.1 Å². The summed E-state index contributed by atoms with van der Waals surface area (Å²) in [5.74, 6) is 1.21. The van der Waals surface area contributed by atoms with E-state index in [1.165, 1.54) is 31.2 Å². The molecule has 0 spiro atoms. The average molecular weight is 880 g/mol. The molecule has 338 valence electrons. The van der Waals surface area contributed by atoms with Gasteiger partial charge in [0.05, 0.1) is 28.8 Å². The van der Waals surface area contributed by atoms with Gasteiger partial charge in [-0.1, -0.05) is 70.9 Å². The number of aliphatic hydroxyl groups excluding tert-OH is 1. The predicted octanol–water partition coefficient (Wildman–Crippen LogP) is 10.00. The molecule has 2 saturated heterocycles. The number of halogens is 1. The molecule has 1 aliphatic carbocycles. The number of methoxy groups -OCH3 is 1. The summed E-state index contributed by atoms with van der Waals surface area (Å²) >= 11 is 1.79. The normalized spacial score (nSPS) is 21.7. The van der Waals surface area contributed by atoms with E-state index in [1.807, 2.05) is 37.9 Å². The third kappa shape index (κ3) is 9.94. The summed E-state index contributed by atoms with van der Waals surface area (Å²) < 4.78 is 30.4. The molecule has 0 bridgehead atoms. The van der Waals surface area contributed by atoms with Crippen LogP contribution in [0.5, 0.6) is 5.75 Å². The van der Waals surface area contributed by atoms with Gasteiger partial charge in [-0.15, -0.1) is 11.3 Å². The first-order valence-corrected chi connectivity index (χ1v) is 24.1. The molecule has 8 rings (SSSR count). The maximum Gasteiger partial charge on any atom is 0.407 e. The van der Waals surface area contributed by atoms with Gasteiger partial charge in [0, 0.05) is 41.5 Å². The van der Waals surface area contributed by atoms with Crippen molar-refractivity contribution in [2.75, 3.05) is 27.2 Å². The number of aryl methyl sites for hydroxylation is 1. The Kier molecular flexibility index (Phi) is 14.1. The smallest absolute Gasteiger partial charge is 0.407 e. The number of rotatable bonds is 17. The number of amides is 2. The molecule has 2 amide bonds. The average Bonchev–Trinajstić information content (AvgIpc) is 3.64. The molecule has 4 aromatic rings. The molecule has 1 saturated carbocycles. The number of thiophene rings is 1. The van der Waals surface area contributed by atoms with Gasteiger partial charge in [-0.05, 0) is 130 Å². The SMILES string of the molecule is CN[C@@H](C(C)C)C(O)N1CCC[C@H]1CC=Cc1cc(F)c2c(c1)OC(c1ccc(CCC3CC3)s1)n1c-2cc2cc(C=CC[C@@H]3CCCN3C(=O)[C@@H](NC(=O)OC)C(C)C)ccc21. The topological polar surface area (TPSA) is 108 Å². The molecular formula is C51H66FN5O5S. The van der Waals surface area contributed by atoms with Crippen molar-refractivity contribution in [3.63, 3.8) is 0 Å². The monoisotopic (exact) mass is 879 g/mol. The number of aliphatic hydroxyl groups is 1. The van der Waals surface area contributed by atoms with Gasteiger partial charge in [0.15, 0.2) is 0 Å². The third-order valence-corrected chi connectivity index (χ3v) is 14.9. The first-order chi connectivity index (χ1) is 30.4. The minimum absolute atomic E-state index is 0.0137. The van der Waals surface area contributed by atoms with Crippen molar-refractivity contribution in [3.05, 3.63) is 87.4 Å². The van der Waals surface area contributed by atoms with Gasteiger partial charge in [0.25, 0.3) is 0 Å². The maximum absolute atomic E-state index is 16.6. The minimum Gasteiger partial charge on any atom is -0.464 e. The van der Waals surface area contributed by atoms with E-state index in [0.29, 0.717) is 30.2 Å². The first kappa shape index (κ1) is 45.1. The number of nitrogens with zero attached hydrogens (tertiary/aromatic N) is 3. The van der Waals surface area contributed by atoms with Gasteiger partial charge in [0.2, 0.25) is 12.1 Å². The van der Waals surface area contributed by atoms with Crippen LogP contribution in [0.1, 0.15) is 113 Å². The van der Waals surface area contributed by atoms with E-state index in [9.17, 15) is 14.7 Å². The van der Waals surface area contributed by atoms with Gasteiger partial charge in [-0.3, -0.25) is 14.3 Å². The molecule has 3 aliphatic heterocycles. The molecule has 2 aromatic heterocycles. The lowest BCUT2D eigenvalue weighted by Crippen LogP contribution is -2.53. The first-order valence-electron chi connectivity index (χ1n) is 23.3. The van der Waals surface area contributed by atoms with Crippen LogP contribution in [0, 0.1) is 23.6 Å². The quantitative estimate of drug-likeness (QED) is 0.0970. The molecule has 3 fully saturated rings. The van der Waals surface area contributed by atoms with Crippen molar-refractivity contribution >= 4 is 46.4 Å². The lowest BCUT2D eigenvalue weighted by atomic mass is 10.0. The van der Waals surface area contributed by atoms with Crippen molar-refractivity contribution < 1.29 is 28.6 Å². The van der Waals surface area contributed by atoms with Crippen LogP contribution in [0.4, 0.5) is 9.18 Å². The van der Waals surface area contributed by atoms with Crippen LogP contribution in [0.15, 0.2) is 60.7 Å². The fraction of sp³-hybridized carbons (Fsp3) is 0.529. The Labute approximate surface area is 376 Å². The zero-order valence-corrected chi connectivity index (χ0v) is 38.6. The summed E-state index contributed by atoms with van der Waals surface area (Å²) in [5, 5.41) is 18.3. The molecule has 5 heterocycles. The fourth-order valence-corrected chi connectivity index (χ4v) is 11.1. The number of carbonyl (C=O) groups excluding carboxylic acids is 2. The predicted molar refractivity (Wildman–Crippen MR) is 251 cm³/mol. The highest BCUT2D eigenvalue weighted by atomic mass is 32.1. The number of likely N-dealkylation sites (N-methyl/N-ethyl adjacent to an activating group) is 1. The second-order valence-electron chi connectivity index (χ2n) is 18.8. The Morgan fingerprint density at radius 2 is 1.68 bits per heavy atom. The van der Waals surface area contributed by atoms with E-state index >= 15 is 4.39 Å². The van der Waals surface area contributed by atoms with Crippen molar-refractivity contribution in [2.45, 2.75) is 129 Å². The van der Waals surface area contributed by atoms with Crippen LogP contribution in [0.25, 0.3) is 34.3 Å². The molecule has 6 atom stereocenters. The molecule has 63 heavy (non-hydrogen) atoms. The molecule has 10 nitrogen and oxygen atoms in total. The molecule has 4 aliphatic rings. The Hall–Kier alpha value is -4.49. The number of nitrogens with one attached hydrogen (secondary N) is 2. The summed E-state index contributed by atoms with van der Waals surface area (Å²) in [6.45, 7) is 9.64. The molecule has 2 aromatic carbocycles. The third-order valence-electron chi connectivity index (χ3n) is 13.7. The van der Waals surface area contributed by atoms with Gasteiger partial charge in [-0.25, -0.2) is 9.18 Å². The van der Waals surface area contributed by atoms with E-state index in [4.69, 9.17) is 9.47 Å². The lowest BCUT2D eigenvalue weighted by Gasteiger charge is -2.36. The Morgan fingerprint density at radius 1 is 0.937 bits per heavy atom. The number of ether oxygens (including phenoxy) is 2. The number of benzene rings is 2. The molecule has 3 N–H and O–H groups in total. The standard InChI is InChI=1S/C51H66FN5O5S/c1-31(2)46(53-5)48(58)55-25-9-15-37(55)14-8-12-35-28-40(52)45-42-30-36-27-34(11-7-13-38-16-10-26-56(38)49(59)47(32(3)4)54-51(60)61-6)20-23-41(36)57(42)50(62-43(45)29-35)44-24-22-39(63-44)21-19-33-17-18-33/h7-8,11-12,20,22-24,27-33,37-38,46-48,50,53,58H,9-10,13-19,21,25-26H2,1-6H3,(H,54,60)/t37-,38-,46+,47+,48?,50?/m1/s1. The lowest BCUT2D eigenvalue weighted by molar-refractivity contribution is -0.135. The summed E-state index contributed by atoms with van der Waals surface area (Å²) in [6.07, 6.45) is 17.0. The summed E-state index contributed by atoms with van der Waals surface area (Å²) in [4.78, 5) is 32.2. The van der Waals surface area contributed by atoms with Gasteiger partial charge in [0.1, 0.15) is 23.8 Å². The minimum atomic E-state index is -0.644. The van der Waals surface area contributed by atoms with Crippen molar-refractivity contribution in [1.82, 2.24) is 25.0 Å². The summed E-state index contributed by atoms with van der Waals surface area (Å²) in [7, 11) is 3.22. The van der Waals surface area contributed by atoms with Crippen molar-refractivity contribution in [1.29, 1.82) is 0 Å². The van der Waals surface area contributed by atoms with Crippen LogP contribution in [-0.2, 0) is 16.0 Å². The second-order valence-corrected chi connectivity index (χ2v) is 20.0. The van der Waals surface area contributed by atoms with Crippen molar-refractivity contribution in [3.8, 4) is 17.0 Å². The summed E-state index contributed by atoms with van der Waals surface area (Å²) in [5.41, 5.74) is 4.00.